The lowest BCUT2D eigenvalue weighted by Crippen LogP contribution is -2.33. The summed E-state index contributed by atoms with van der Waals surface area (Å²) in [7, 11) is 2.01. The van der Waals surface area contributed by atoms with Crippen LogP contribution in [0, 0.1) is 11.8 Å². The molecule has 0 unspecified atom stereocenters. The highest BCUT2D eigenvalue weighted by Gasteiger charge is 2.27. The summed E-state index contributed by atoms with van der Waals surface area (Å²) in [5.41, 5.74) is 4.35. The third-order valence-electron chi connectivity index (χ3n) is 6.76. The zero-order valence-electron chi connectivity index (χ0n) is 18.0. The maximum absolute atomic E-state index is 6.53. The van der Waals surface area contributed by atoms with Crippen molar-refractivity contribution in [3.63, 3.8) is 0 Å². The molecule has 0 bridgehead atoms. The number of aromatic nitrogens is 6. The first-order valence-corrected chi connectivity index (χ1v) is 11.8. The Morgan fingerprint density at radius 2 is 1.84 bits per heavy atom. The van der Waals surface area contributed by atoms with E-state index in [2.05, 4.69) is 25.6 Å². The third kappa shape index (κ3) is 4.99. The summed E-state index contributed by atoms with van der Waals surface area (Å²) in [6.07, 6.45) is 16.9. The van der Waals surface area contributed by atoms with Crippen molar-refractivity contribution in [3.8, 4) is 11.3 Å². The van der Waals surface area contributed by atoms with Gasteiger partial charge in [-0.1, -0.05) is 11.6 Å². The Labute approximate surface area is 188 Å². The van der Waals surface area contributed by atoms with Crippen LogP contribution in [0.1, 0.15) is 55.6 Å². The van der Waals surface area contributed by atoms with E-state index in [-0.39, 0.29) is 0 Å². The van der Waals surface area contributed by atoms with Crippen molar-refractivity contribution in [2.45, 2.75) is 64.0 Å². The van der Waals surface area contributed by atoms with Crippen molar-refractivity contribution in [3.05, 3.63) is 46.9 Å². The molecule has 8 heteroatoms. The molecule has 0 aliphatic heterocycles. The van der Waals surface area contributed by atoms with E-state index in [9.17, 15) is 0 Å². The fraction of sp³-hybridized carbons (Fsp3) is 0.565. The summed E-state index contributed by atoms with van der Waals surface area (Å²) >= 11 is 6.53. The van der Waals surface area contributed by atoms with Gasteiger partial charge >= 0.3 is 0 Å². The van der Waals surface area contributed by atoms with Crippen molar-refractivity contribution in [1.29, 1.82) is 0 Å². The van der Waals surface area contributed by atoms with Gasteiger partial charge in [-0.15, -0.1) is 0 Å². The largest absolute Gasteiger partial charge is 0.310 e. The molecule has 5 rings (SSSR count). The van der Waals surface area contributed by atoms with E-state index in [1.165, 1.54) is 49.8 Å². The molecule has 0 saturated heterocycles. The molecule has 3 heterocycles. The van der Waals surface area contributed by atoms with Crippen molar-refractivity contribution < 1.29 is 0 Å². The van der Waals surface area contributed by atoms with Crippen LogP contribution < -0.4 is 5.32 Å². The standard InChI is InChI=1S/C23H30ClN7/c1-31-21(8-15-2-3-15)19(13-29-31)23-20(24)14-26-22(30-23)9-16-4-6-18(7-5-16)25-10-17-11-27-28-12-17/h11-16,18,25H,2-10H2,1H3,(H,27,28). The van der Waals surface area contributed by atoms with E-state index < -0.39 is 0 Å². The second kappa shape index (κ2) is 9.09. The molecule has 164 valence electrons. The molecule has 0 aromatic carbocycles. The minimum Gasteiger partial charge on any atom is -0.310 e. The van der Waals surface area contributed by atoms with E-state index in [4.69, 9.17) is 16.6 Å². The van der Waals surface area contributed by atoms with Crippen LogP contribution in [-0.4, -0.2) is 36.0 Å². The lowest BCUT2D eigenvalue weighted by atomic mass is 9.84. The number of halogens is 1. The highest BCUT2D eigenvalue weighted by Crippen LogP contribution is 2.37. The zero-order valence-corrected chi connectivity index (χ0v) is 18.8. The Hall–Kier alpha value is -2.25. The second-order valence-corrected chi connectivity index (χ2v) is 9.58. The monoisotopic (exact) mass is 439 g/mol. The molecule has 0 amide bonds. The summed E-state index contributed by atoms with van der Waals surface area (Å²) in [5.74, 6) is 2.31. The Kier molecular flexibility index (Phi) is 6.05. The predicted molar refractivity (Wildman–Crippen MR) is 121 cm³/mol. The summed E-state index contributed by atoms with van der Waals surface area (Å²) in [4.78, 5) is 9.47. The first-order valence-electron chi connectivity index (χ1n) is 11.4. The molecule has 31 heavy (non-hydrogen) atoms. The minimum atomic E-state index is 0.577. The van der Waals surface area contributed by atoms with Gasteiger partial charge in [0.05, 0.1) is 23.1 Å². The minimum absolute atomic E-state index is 0.577. The molecule has 2 aliphatic rings. The summed E-state index contributed by atoms with van der Waals surface area (Å²) in [5, 5.41) is 15.6. The van der Waals surface area contributed by atoms with Crippen molar-refractivity contribution in [2.75, 3.05) is 0 Å². The first-order chi connectivity index (χ1) is 15.2. The lowest BCUT2D eigenvalue weighted by molar-refractivity contribution is 0.287. The summed E-state index contributed by atoms with van der Waals surface area (Å²) in [6, 6.07) is 0.577. The van der Waals surface area contributed by atoms with Crippen LogP contribution in [0.5, 0.6) is 0 Å². The Morgan fingerprint density at radius 1 is 1.06 bits per heavy atom. The van der Waals surface area contributed by atoms with Gasteiger partial charge in [-0.25, -0.2) is 9.97 Å². The topological polar surface area (TPSA) is 84.3 Å². The molecule has 2 N–H and O–H groups in total. The second-order valence-electron chi connectivity index (χ2n) is 9.17. The lowest BCUT2D eigenvalue weighted by Gasteiger charge is -2.29. The van der Waals surface area contributed by atoms with Gasteiger partial charge in [0, 0.05) is 55.3 Å². The highest BCUT2D eigenvalue weighted by atomic mass is 35.5. The average molecular weight is 440 g/mol. The Bertz CT molecular complexity index is 1000. The van der Waals surface area contributed by atoms with Gasteiger partial charge in [0.15, 0.2) is 0 Å². The highest BCUT2D eigenvalue weighted by molar-refractivity contribution is 6.32. The van der Waals surface area contributed by atoms with Gasteiger partial charge in [-0.3, -0.25) is 9.78 Å². The average Bonchev–Trinajstić information content (AvgIpc) is 3.31. The predicted octanol–water partition coefficient (Wildman–Crippen LogP) is 4.10. The van der Waals surface area contributed by atoms with Crippen molar-refractivity contribution >= 4 is 11.6 Å². The molecular formula is C23H30ClN7. The van der Waals surface area contributed by atoms with Crippen LogP contribution in [0.15, 0.2) is 24.8 Å². The maximum Gasteiger partial charge on any atom is 0.129 e. The fourth-order valence-corrected chi connectivity index (χ4v) is 4.85. The van der Waals surface area contributed by atoms with Crippen LogP contribution in [-0.2, 0) is 26.4 Å². The summed E-state index contributed by atoms with van der Waals surface area (Å²) in [6.45, 7) is 0.879. The Balaban J connectivity index is 1.21. The normalized spacial score (nSPS) is 21.5. The van der Waals surface area contributed by atoms with E-state index >= 15 is 0 Å². The van der Waals surface area contributed by atoms with Crippen LogP contribution in [0.25, 0.3) is 11.3 Å². The van der Waals surface area contributed by atoms with Gasteiger partial charge < -0.3 is 5.32 Å². The van der Waals surface area contributed by atoms with Gasteiger partial charge in [-0.05, 0) is 56.8 Å². The number of nitrogens with zero attached hydrogens (tertiary/aromatic N) is 5. The van der Waals surface area contributed by atoms with Crippen molar-refractivity contribution in [2.24, 2.45) is 18.9 Å². The van der Waals surface area contributed by atoms with Gasteiger partial charge in [-0.2, -0.15) is 10.2 Å². The number of hydrogen-bond acceptors (Lipinski definition) is 5. The zero-order chi connectivity index (χ0) is 21.2. The molecule has 2 aliphatic carbocycles. The molecular weight excluding hydrogens is 410 g/mol. The number of aryl methyl sites for hydroxylation is 1. The third-order valence-corrected chi connectivity index (χ3v) is 7.03. The van der Waals surface area contributed by atoms with Crippen LogP contribution in [0.2, 0.25) is 5.02 Å². The first kappa shape index (κ1) is 20.6. The van der Waals surface area contributed by atoms with E-state index in [0.29, 0.717) is 17.0 Å². The van der Waals surface area contributed by atoms with Crippen LogP contribution >= 0.6 is 11.6 Å². The van der Waals surface area contributed by atoms with Gasteiger partial charge in [0.1, 0.15) is 5.82 Å². The quantitative estimate of drug-likeness (QED) is 0.552. The summed E-state index contributed by atoms with van der Waals surface area (Å²) < 4.78 is 1.98. The van der Waals surface area contributed by atoms with E-state index in [1.54, 1.807) is 6.20 Å². The molecule has 7 nitrogen and oxygen atoms in total. The number of rotatable bonds is 8. The van der Waals surface area contributed by atoms with E-state index in [1.807, 2.05) is 30.3 Å². The number of aromatic amines is 1. The van der Waals surface area contributed by atoms with Crippen LogP contribution in [0.3, 0.4) is 0 Å². The molecule has 0 atom stereocenters. The molecule has 2 saturated carbocycles. The maximum atomic E-state index is 6.53. The number of hydrogen-bond donors (Lipinski definition) is 2. The molecule has 3 aromatic heterocycles. The number of nitrogens with one attached hydrogen (secondary N) is 2. The van der Waals surface area contributed by atoms with Crippen LogP contribution in [0.4, 0.5) is 0 Å². The molecule has 0 spiro atoms. The molecule has 3 aromatic rings. The fourth-order valence-electron chi connectivity index (χ4n) is 4.65. The SMILES string of the molecule is Cn1ncc(-c2nc(CC3CCC(NCc4cn[nH]c4)CC3)ncc2Cl)c1CC1CC1. The number of H-pyrrole nitrogens is 1. The Morgan fingerprint density at radius 3 is 2.58 bits per heavy atom. The van der Waals surface area contributed by atoms with Gasteiger partial charge in [0.25, 0.3) is 0 Å². The smallest absolute Gasteiger partial charge is 0.129 e. The van der Waals surface area contributed by atoms with E-state index in [0.717, 1.165) is 42.4 Å². The van der Waals surface area contributed by atoms with Crippen molar-refractivity contribution in [1.82, 2.24) is 35.3 Å². The molecule has 0 radical (unpaired) electrons. The molecule has 2 fully saturated rings. The van der Waals surface area contributed by atoms with Gasteiger partial charge in [0.2, 0.25) is 0 Å².